The molecule has 1 aliphatic heterocycles. The fraction of sp³-hybridized carbons (Fsp3) is 0.778. The molecule has 0 aliphatic carbocycles. The molecule has 13 heavy (non-hydrogen) atoms. The van der Waals surface area contributed by atoms with E-state index in [0.29, 0.717) is 0 Å². The molecule has 0 spiro atoms. The maximum absolute atomic E-state index is 11.1. The van der Waals surface area contributed by atoms with E-state index >= 15 is 0 Å². The van der Waals surface area contributed by atoms with Gasteiger partial charge in [-0.05, 0) is 12.8 Å². The van der Waals surface area contributed by atoms with Gasteiger partial charge in [0.15, 0.2) is 0 Å². The summed E-state index contributed by atoms with van der Waals surface area (Å²) in [6.07, 6.45) is 4.14. The molecule has 1 atom stereocenters. The van der Waals surface area contributed by atoms with Gasteiger partial charge in [-0.15, -0.1) is 0 Å². The van der Waals surface area contributed by atoms with E-state index in [2.05, 4.69) is 12.2 Å². The van der Waals surface area contributed by atoms with Gasteiger partial charge in [-0.2, -0.15) is 0 Å². The highest BCUT2D eigenvalue weighted by Gasteiger charge is 2.33. The van der Waals surface area contributed by atoms with Gasteiger partial charge in [0.05, 0.1) is 0 Å². The highest BCUT2D eigenvalue weighted by Crippen LogP contribution is 2.10. The minimum absolute atomic E-state index is 0.0773. The molecule has 0 saturated carbocycles. The van der Waals surface area contributed by atoms with Crippen LogP contribution in [-0.4, -0.2) is 29.9 Å². The maximum Gasteiger partial charge on any atom is 0.313 e. The van der Waals surface area contributed by atoms with Crippen molar-refractivity contribution >= 4 is 11.8 Å². The molecule has 1 heterocycles. The zero-order valence-electron chi connectivity index (χ0n) is 8.17. The SMILES string of the molecule is CCCCCC1NC(=O)C(=O)N1C. The Hall–Kier alpha value is -1.06. The lowest BCUT2D eigenvalue weighted by Gasteiger charge is -2.17. The number of carbonyl (C=O) groups is 2. The highest BCUT2D eigenvalue weighted by atomic mass is 16.2. The number of unbranched alkanes of at least 4 members (excludes halogenated alkanes) is 2. The Balaban J connectivity index is 2.36. The summed E-state index contributed by atoms with van der Waals surface area (Å²) in [7, 11) is 1.66. The molecular weight excluding hydrogens is 168 g/mol. The van der Waals surface area contributed by atoms with Crippen LogP contribution in [0, 0.1) is 0 Å². The van der Waals surface area contributed by atoms with Crippen LogP contribution < -0.4 is 5.32 Å². The first-order chi connectivity index (χ1) is 6.16. The van der Waals surface area contributed by atoms with Crippen LogP contribution in [0.25, 0.3) is 0 Å². The van der Waals surface area contributed by atoms with E-state index in [9.17, 15) is 9.59 Å². The Kier molecular flexibility index (Phi) is 3.28. The van der Waals surface area contributed by atoms with Gasteiger partial charge in [0.25, 0.3) is 0 Å². The second-order valence-corrected chi connectivity index (χ2v) is 3.40. The van der Waals surface area contributed by atoms with Gasteiger partial charge in [-0.1, -0.05) is 19.8 Å². The summed E-state index contributed by atoms with van der Waals surface area (Å²) in [5, 5.41) is 2.65. The summed E-state index contributed by atoms with van der Waals surface area (Å²) in [4.78, 5) is 23.5. The summed E-state index contributed by atoms with van der Waals surface area (Å²) in [5.41, 5.74) is 0. The first-order valence-corrected chi connectivity index (χ1v) is 4.74. The van der Waals surface area contributed by atoms with E-state index in [4.69, 9.17) is 0 Å². The zero-order chi connectivity index (χ0) is 9.84. The van der Waals surface area contributed by atoms with Gasteiger partial charge in [-0.3, -0.25) is 9.59 Å². The predicted octanol–water partition coefficient (Wildman–Crippen LogP) is 0.481. The second-order valence-electron chi connectivity index (χ2n) is 3.40. The molecule has 74 valence electrons. The van der Waals surface area contributed by atoms with Crippen molar-refractivity contribution in [2.75, 3.05) is 7.05 Å². The van der Waals surface area contributed by atoms with Crippen LogP contribution in [0.5, 0.6) is 0 Å². The van der Waals surface area contributed by atoms with Gasteiger partial charge in [0.2, 0.25) is 0 Å². The topological polar surface area (TPSA) is 49.4 Å². The quantitative estimate of drug-likeness (QED) is 0.510. The third-order valence-electron chi connectivity index (χ3n) is 2.36. The summed E-state index contributed by atoms with van der Waals surface area (Å²) >= 11 is 0. The molecule has 0 aromatic heterocycles. The summed E-state index contributed by atoms with van der Waals surface area (Å²) in [6.45, 7) is 2.13. The van der Waals surface area contributed by atoms with Crippen LogP contribution in [0.2, 0.25) is 0 Å². The van der Waals surface area contributed by atoms with Gasteiger partial charge < -0.3 is 10.2 Å². The van der Waals surface area contributed by atoms with Crippen LogP contribution >= 0.6 is 0 Å². The van der Waals surface area contributed by atoms with E-state index < -0.39 is 11.8 Å². The molecule has 4 heteroatoms. The Labute approximate surface area is 78.3 Å². The Morgan fingerprint density at radius 2 is 2.08 bits per heavy atom. The zero-order valence-corrected chi connectivity index (χ0v) is 8.17. The first-order valence-electron chi connectivity index (χ1n) is 4.74. The Morgan fingerprint density at radius 1 is 1.38 bits per heavy atom. The Bertz CT molecular complexity index is 216. The predicted molar refractivity (Wildman–Crippen MR) is 48.8 cm³/mol. The number of nitrogens with zero attached hydrogens (tertiary/aromatic N) is 1. The van der Waals surface area contributed by atoms with Gasteiger partial charge >= 0.3 is 11.8 Å². The van der Waals surface area contributed by atoms with E-state index in [1.807, 2.05) is 0 Å². The molecular formula is C9H16N2O2. The fourth-order valence-electron chi connectivity index (χ4n) is 1.47. The fourth-order valence-corrected chi connectivity index (χ4v) is 1.47. The lowest BCUT2D eigenvalue weighted by atomic mass is 10.2. The minimum atomic E-state index is -0.469. The molecule has 1 aliphatic rings. The third kappa shape index (κ3) is 2.20. The number of hydrogen-bond acceptors (Lipinski definition) is 2. The number of hydrogen-bond donors (Lipinski definition) is 1. The molecule has 1 N–H and O–H groups in total. The molecule has 1 fully saturated rings. The van der Waals surface area contributed by atoms with Crippen LogP contribution in [-0.2, 0) is 9.59 Å². The van der Waals surface area contributed by atoms with Crippen molar-refractivity contribution in [3.8, 4) is 0 Å². The number of rotatable bonds is 4. The van der Waals surface area contributed by atoms with Gasteiger partial charge in [0, 0.05) is 7.05 Å². The third-order valence-corrected chi connectivity index (χ3v) is 2.36. The second kappa shape index (κ2) is 4.25. The van der Waals surface area contributed by atoms with Crippen molar-refractivity contribution in [1.82, 2.24) is 10.2 Å². The lowest BCUT2D eigenvalue weighted by molar-refractivity contribution is -0.140. The number of carbonyl (C=O) groups excluding carboxylic acids is 2. The molecule has 1 rings (SSSR count). The van der Waals surface area contributed by atoms with Crippen LogP contribution in [0.15, 0.2) is 0 Å². The average molecular weight is 184 g/mol. The van der Waals surface area contributed by atoms with Crippen LogP contribution in [0.4, 0.5) is 0 Å². The van der Waals surface area contributed by atoms with Crippen molar-refractivity contribution in [3.63, 3.8) is 0 Å². The molecule has 4 nitrogen and oxygen atoms in total. The van der Waals surface area contributed by atoms with E-state index in [1.165, 1.54) is 4.90 Å². The molecule has 0 aromatic rings. The molecule has 0 aromatic carbocycles. The largest absolute Gasteiger partial charge is 0.328 e. The average Bonchev–Trinajstić information content (AvgIpc) is 2.34. The van der Waals surface area contributed by atoms with Gasteiger partial charge in [0.1, 0.15) is 6.17 Å². The number of likely N-dealkylation sites (N-methyl/N-ethyl adjacent to an activating group) is 1. The normalized spacial score (nSPS) is 22.3. The van der Waals surface area contributed by atoms with Crippen molar-refractivity contribution in [2.45, 2.75) is 38.8 Å². The van der Waals surface area contributed by atoms with Crippen LogP contribution in [0.1, 0.15) is 32.6 Å². The summed E-state index contributed by atoms with van der Waals surface area (Å²) in [5.74, 6) is -0.884. The number of nitrogens with one attached hydrogen (secondary N) is 1. The molecule has 0 radical (unpaired) electrons. The van der Waals surface area contributed by atoms with Crippen molar-refractivity contribution in [3.05, 3.63) is 0 Å². The molecule has 0 bridgehead atoms. The lowest BCUT2D eigenvalue weighted by Crippen LogP contribution is -2.34. The molecule has 1 saturated heterocycles. The standard InChI is InChI=1S/C9H16N2O2/c1-3-4-5-6-7-10-8(12)9(13)11(7)2/h7H,3-6H2,1-2H3,(H,10,12). The maximum atomic E-state index is 11.1. The van der Waals surface area contributed by atoms with Crippen molar-refractivity contribution < 1.29 is 9.59 Å². The van der Waals surface area contributed by atoms with E-state index in [0.717, 1.165) is 25.7 Å². The highest BCUT2D eigenvalue weighted by molar-refractivity contribution is 6.36. The number of amides is 2. The van der Waals surface area contributed by atoms with Crippen molar-refractivity contribution in [2.24, 2.45) is 0 Å². The summed E-state index contributed by atoms with van der Waals surface area (Å²) in [6, 6.07) is 0. The van der Waals surface area contributed by atoms with Crippen LogP contribution in [0.3, 0.4) is 0 Å². The smallest absolute Gasteiger partial charge is 0.313 e. The van der Waals surface area contributed by atoms with E-state index in [1.54, 1.807) is 7.05 Å². The van der Waals surface area contributed by atoms with Crippen molar-refractivity contribution in [1.29, 1.82) is 0 Å². The van der Waals surface area contributed by atoms with E-state index in [-0.39, 0.29) is 6.17 Å². The molecule has 1 unspecified atom stereocenters. The first kappa shape index (κ1) is 10.0. The monoisotopic (exact) mass is 184 g/mol. The van der Waals surface area contributed by atoms with Gasteiger partial charge in [-0.25, -0.2) is 0 Å². The minimum Gasteiger partial charge on any atom is -0.328 e. The summed E-state index contributed by atoms with van der Waals surface area (Å²) < 4.78 is 0. The Morgan fingerprint density at radius 3 is 2.54 bits per heavy atom. The molecule has 2 amide bonds.